The van der Waals surface area contributed by atoms with Gasteiger partial charge in [-0.1, -0.05) is 36.4 Å². The quantitative estimate of drug-likeness (QED) is 0.723. The van der Waals surface area contributed by atoms with Crippen molar-refractivity contribution in [3.8, 4) is 11.3 Å². The molecule has 0 radical (unpaired) electrons. The van der Waals surface area contributed by atoms with E-state index >= 15 is 0 Å². The number of benzene rings is 2. The smallest absolute Gasteiger partial charge is 0.251 e. The molecule has 1 fully saturated rings. The van der Waals surface area contributed by atoms with E-state index in [9.17, 15) is 9.18 Å². The van der Waals surface area contributed by atoms with Gasteiger partial charge in [0.1, 0.15) is 5.82 Å². The molecule has 2 heterocycles. The fourth-order valence-electron chi connectivity index (χ4n) is 3.54. The van der Waals surface area contributed by atoms with Crippen molar-refractivity contribution in [2.45, 2.75) is 25.8 Å². The molecule has 0 bridgehead atoms. The van der Waals surface area contributed by atoms with Crippen LogP contribution in [-0.4, -0.2) is 35.2 Å². The second-order valence-electron chi connectivity index (χ2n) is 7.23. The van der Waals surface area contributed by atoms with Crippen LogP contribution in [0.5, 0.6) is 0 Å². The van der Waals surface area contributed by atoms with Crippen LogP contribution >= 0.6 is 0 Å². The van der Waals surface area contributed by atoms with E-state index in [-0.39, 0.29) is 17.8 Å². The van der Waals surface area contributed by atoms with Crippen molar-refractivity contribution in [2.24, 2.45) is 0 Å². The predicted octanol–water partition coefficient (Wildman–Crippen LogP) is 3.92. The number of aromatic amines is 1. The lowest BCUT2D eigenvalue weighted by atomic mass is 10.0. The maximum atomic E-state index is 13.7. The van der Waals surface area contributed by atoms with Gasteiger partial charge in [0.05, 0.1) is 5.69 Å². The predicted molar refractivity (Wildman–Crippen MR) is 108 cm³/mol. The third kappa shape index (κ3) is 3.91. The Morgan fingerprint density at radius 1 is 1.21 bits per heavy atom. The van der Waals surface area contributed by atoms with Crippen LogP contribution in [-0.2, 0) is 0 Å². The molecule has 0 unspecified atom stereocenters. The summed E-state index contributed by atoms with van der Waals surface area (Å²) in [7, 11) is 0. The molecule has 2 aromatic carbocycles. The van der Waals surface area contributed by atoms with E-state index in [0.717, 1.165) is 36.5 Å². The van der Waals surface area contributed by atoms with Crippen LogP contribution < -0.4 is 10.2 Å². The number of hydrogen-bond donors (Lipinski definition) is 2. The summed E-state index contributed by atoms with van der Waals surface area (Å²) in [6.07, 6.45) is 1.85. The number of carbonyl (C=O) groups excluding carboxylic acids is 1. The molecule has 1 amide bonds. The summed E-state index contributed by atoms with van der Waals surface area (Å²) in [5, 5.41) is 10.6. The summed E-state index contributed by atoms with van der Waals surface area (Å²) < 4.78 is 13.7. The van der Waals surface area contributed by atoms with E-state index in [1.165, 1.54) is 6.07 Å². The van der Waals surface area contributed by atoms with Gasteiger partial charge in [-0.3, -0.25) is 9.89 Å². The number of piperidine rings is 1. The number of halogens is 1. The number of carbonyl (C=O) groups is 1. The molecule has 1 aliphatic heterocycles. The highest BCUT2D eigenvalue weighted by Gasteiger charge is 2.24. The highest BCUT2D eigenvalue weighted by atomic mass is 19.1. The van der Waals surface area contributed by atoms with Crippen LogP contribution in [0.25, 0.3) is 11.3 Å². The van der Waals surface area contributed by atoms with Crippen molar-refractivity contribution in [2.75, 3.05) is 18.0 Å². The molecular weight excluding hydrogens is 355 g/mol. The summed E-state index contributed by atoms with van der Waals surface area (Å²) in [6, 6.07) is 16.7. The first-order valence-electron chi connectivity index (χ1n) is 9.53. The monoisotopic (exact) mass is 378 g/mol. The zero-order chi connectivity index (χ0) is 19.5. The fourth-order valence-corrected chi connectivity index (χ4v) is 3.54. The Kier molecular flexibility index (Phi) is 5.10. The van der Waals surface area contributed by atoms with Gasteiger partial charge in [-0.25, -0.2) is 4.39 Å². The highest BCUT2D eigenvalue weighted by Crippen LogP contribution is 2.24. The Labute approximate surface area is 163 Å². The van der Waals surface area contributed by atoms with Crippen molar-refractivity contribution in [1.29, 1.82) is 0 Å². The van der Waals surface area contributed by atoms with Gasteiger partial charge < -0.3 is 10.2 Å². The Hall–Kier alpha value is -3.15. The molecule has 1 aromatic heterocycles. The molecule has 2 N–H and O–H groups in total. The lowest BCUT2D eigenvalue weighted by molar-refractivity contribution is 0.0932. The molecular formula is C22H23FN4O. The van der Waals surface area contributed by atoms with Gasteiger partial charge in [0.2, 0.25) is 0 Å². The number of H-pyrrole nitrogens is 1. The van der Waals surface area contributed by atoms with Crippen molar-refractivity contribution in [3.63, 3.8) is 0 Å². The number of hydrogen-bond acceptors (Lipinski definition) is 3. The standard InChI is InChI=1S/C22H23FN4O/c1-15-9-10-17(12-19(15)23)22(28)24-18-8-5-11-27(14-18)21-13-20(25-26-21)16-6-3-2-4-7-16/h2-4,6-7,9-10,12-13,18H,5,8,11,14H2,1H3,(H,24,28)(H,25,26)/t18-/m1/s1. The molecule has 28 heavy (non-hydrogen) atoms. The van der Waals surface area contributed by atoms with Crippen molar-refractivity contribution in [1.82, 2.24) is 15.5 Å². The van der Waals surface area contributed by atoms with E-state index in [2.05, 4.69) is 20.4 Å². The summed E-state index contributed by atoms with van der Waals surface area (Å²) in [4.78, 5) is 14.7. The van der Waals surface area contributed by atoms with Crippen LogP contribution in [0.4, 0.5) is 10.2 Å². The van der Waals surface area contributed by atoms with Crippen molar-refractivity contribution in [3.05, 3.63) is 71.5 Å². The highest BCUT2D eigenvalue weighted by molar-refractivity contribution is 5.94. The van der Waals surface area contributed by atoms with Gasteiger partial charge in [0, 0.05) is 30.8 Å². The number of amides is 1. The Morgan fingerprint density at radius 2 is 2.04 bits per heavy atom. The van der Waals surface area contributed by atoms with Crippen molar-refractivity contribution >= 4 is 11.7 Å². The first-order valence-corrected chi connectivity index (χ1v) is 9.53. The topological polar surface area (TPSA) is 61.0 Å². The van der Waals surface area contributed by atoms with Crippen LogP contribution in [0.3, 0.4) is 0 Å². The van der Waals surface area contributed by atoms with E-state index in [1.54, 1.807) is 19.1 Å². The van der Waals surface area contributed by atoms with Gasteiger partial charge >= 0.3 is 0 Å². The normalized spacial score (nSPS) is 16.8. The van der Waals surface area contributed by atoms with E-state index in [4.69, 9.17) is 0 Å². The summed E-state index contributed by atoms with van der Waals surface area (Å²) in [5.74, 6) is 0.278. The molecule has 0 saturated carbocycles. The minimum atomic E-state index is -0.358. The fraction of sp³-hybridized carbons (Fsp3) is 0.273. The maximum absolute atomic E-state index is 13.7. The molecule has 5 nitrogen and oxygen atoms in total. The number of anilines is 1. The van der Waals surface area contributed by atoms with Crippen molar-refractivity contribution < 1.29 is 9.18 Å². The molecule has 1 saturated heterocycles. The lowest BCUT2D eigenvalue weighted by Crippen LogP contribution is -2.48. The first kappa shape index (κ1) is 18.2. The minimum Gasteiger partial charge on any atom is -0.353 e. The Morgan fingerprint density at radius 3 is 2.82 bits per heavy atom. The second kappa shape index (κ2) is 7.84. The number of aromatic nitrogens is 2. The first-order chi connectivity index (χ1) is 13.6. The van der Waals surface area contributed by atoms with Crippen LogP contribution in [0.15, 0.2) is 54.6 Å². The zero-order valence-corrected chi connectivity index (χ0v) is 15.8. The SMILES string of the molecule is Cc1ccc(C(=O)N[C@@H]2CCCN(c3cc(-c4ccccc4)[nH]n3)C2)cc1F. The van der Waals surface area contributed by atoms with Gasteiger partial charge in [-0.2, -0.15) is 5.10 Å². The summed E-state index contributed by atoms with van der Waals surface area (Å²) >= 11 is 0. The third-order valence-corrected chi connectivity index (χ3v) is 5.16. The number of rotatable bonds is 4. The molecule has 144 valence electrons. The van der Waals surface area contributed by atoms with E-state index in [0.29, 0.717) is 17.7 Å². The summed E-state index contributed by atoms with van der Waals surface area (Å²) in [5.41, 5.74) is 2.95. The second-order valence-corrected chi connectivity index (χ2v) is 7.23. The average molecular weight is 378 g/mol. The Bertz CT molecular complexity index is 970. The molecule has 1 aliphatic rings. The maximum Gasteiger partial charge on any atom is 0.251 e. The average Bonchev–Trinajstić information content (AvgIpc) is 3.21. The van der Waals surface area contributed by atoms with Crippen LogP contribution in [0.2, 0.25) is 0 Å². The van der Waals surface area contributed by atoms with Gasteiger partial charge in [0.25, 0.3) is 5.91 Å². The molecule has 3 aromatic rings. The number of nitrogens with zero attached hydrogens (tertiary/aromatic N) is 2. The van der Waals surface area contributed by atoms with Gasteiger partial charge in [-0.05, 0) is 43.0 Å². The molecule has 0 spiro atoms. The molecule has 6 heteroatoms. The van der Waals surface area contributed by atoms with E-state index in [1.807, 2.05) is 36.4 Å². The van der Waals surface area contributed by atoms with Gasteiger partial charge in [0.15, 0.2) is 5.82 Å². The minimum absolute atomic E-state index is 0.00231. The van der Waals surface area contributed by atoms with E-state index < -0.39 is 0 Å². The molecule has 1 atom stereocenters. The molecule has 0 aliphatic carbocycles. The number of nitrogens with one attached hydrogen (secondary N) is 2. The van der Waals surface area contributed by atoms with Crippen LogP contribution in [0.1, 0.15) is 28.8 Å². The lowest BCUT2D eigenvalue weighted by Gasteiger charge is -2.33. The number of aryl methyl sites for hydroxylation is 1. The zero-order valence-electron chi connectivity index (χ0n) is 15.8. The summed E-state index contributed by atoms with van der Waals surface area (Å²) in [6.45, 7) is 3.26. The molecule has 4 rings (SSSR count). The third-order valence-electron chi connectivity index (χ3n) is 5.16. The largest absolute Gasteiger partial charge is 0.353 e. The van der Waals surface area contributed by atoms with Gasteiger partial charge in [-0.15, -0.1) is 0 Å². The Balaban J connectivity index is 1.42. The van der Waals surface area contributed by atoms with Crippen LogP contribution in [0, 0.1) is 12.7 Å².